The molecule has 1 saturated heterocycles. The van der Waals surface area contributed by atoms with Crippen molar-refractivity contribution in [2.45, 2.75) is 38.4 Å². The Labute approximate surface area is 120 Å². The molecule has 5 nitrogen and oxygen atoms in total. The second kappa shape index (κ2) is 5.25. The molecular formula is C13H17F3N4O. The van der Waals surface area contributed by atoms with Crippen LogP contribution in [0.3, 0.4) is 0 Å². The molecule has 1 aliphatic rings. The zero-order chi connectivity index (χ0) is 15.8. The first-order valence-corrected chi connectivity index (χ1v) is 6.59. The summed E-state index contributed by atoms with van der Waals surface area (Å²) in [4.78, 5) is 20.7. The minimum Gasteiger partial charge on any atom is -0.369 e. The van der Waals surface area contributed by atoms with E-state index in [4.69, 9.17) is 5.73 Å². The van der Waals surface area contributed by atoms with E-state index in [-0.39, 0.29) is 18.1 Å². The Kier molecular flexibility index (Phi) is 3.92. The third-order valence-corrected chi connectivity index (χ3v) is 3.76. The Morgan fingerprint density at radius 2 is 2.14 bits per heavy atom. The topological polar surface area (TPSA) is 72.1 Å². The molecule has 116 valence electrons. The van der Waals surface area contributed by atoms with Crippen molar-refractivity contribution in [1.29, 1.82) is 0 Å². The van der Waals surface area contributed by atoms with E-state index in [9.17, 15) is 18.0 Å². The maximum absolute atomic E-state index is 12.9. The van der Waals surface area contributed by atoms with Gasteiger partial charge in [-0.25, -0.2) is 9.97 Å². The van der Waals surface area contributed by atoms with E-state index in [1.165, 1.54) is 6.92 Å². The summed E-state index contributed by atoms with van der Waals surface area (Å²) in [5.41, 5.74) is 3.68. The standard InChI is InChI=1S/C13H17F3N4O/c1-8-6-9(13(14,15)16)19-11(18-8)12(2)4-3-5-20(12)7-10(17)21/h6H,3-5,7H2,1-2H3,(H2,17,21)/t12-/m0/s1. The minimum absolute atomic E-state index is 0.0187. The Bertz CT molecular complexity index is 561. The molecule has 0 radical (unpaired) electrons. The number of aromatic nitrogens is 2. The van der Waals surface area contributed by atoms with Crippen molar-refractivity contribution in [2.75, 3.05) is 13.1 Å². The number of nitrogens with zero attached hydrogens (tertiary/aromatic N) is 3. The van der Waals surface area contributed by atoms with Crippen LogP contribution in [0.25, 0.3) is 0 Å². The predicted octanol–water partition coefficient (Wildman–Crippen LogP) is 1.60. The highest BCUT2D eigenvalue weighted by atomic mass is 19.4. The first kappa shape index (κ1) is 15.7. The molecule has 0 bridgehead atoms. The van der Waals surface area contributed by atoms with Crippen LogP contribution in [0.15, 0.2) is 6.07 Å². The summed E-state index contributed by atoms with van der Waals surface area (Å²) in [7, 11) is 0. The summed E-state index contributed by atoms with van der Waals surface area (Å²) >= 11 is 0. The highest BCUT2D eigenvalue weighted by Gasteiger charge is 2.43. The molecular weight excluding hydrogens is 285 g/mol. The lowest BCUT2D eigenvalue weighted by atomic mass is 9.97. The molecule has 21 heavy (non-hydrogen) atoms. The lowest BCUT2D eigenvalue weighted by Gasteiger charge is -2.33. The second-order valence-corrected chi connectivity index (χ2v) is 5.48. The molecule has 2 rings (SSSR count). The van der Waals surface area contributed by atoms with Gasteiger partial charge >= 0.3 is 6.18 Å². The molecule has 0 aliphatic carbocycles. The van der Waals surface area contributed by atoms with E-state index in [0.717, 1.165) is 12.5 Å². The largest absolute Gasteiger partial charge is 0.433 e. The second-order valence-electron chi connectivity index (χ2n) is 5.48. The van der Waals surface area contributed by atoms with Crippen molar-refractivity contribution in [2.24, 2.45) is 5.73 Å². The van der Waals surface area contributed by atoms with Gasteiger partial charge in [0, 0.05) is 5.69 Å². The molecule has 8 heteroatoms. The van der Waals surface area contributed by atoms with Gasteiger partial charge in [0.2, 0.25) is 5.91 Å². The minimum atomic E-state index is -4.52. The van der Waals surface area contributed by atoms with Gasteiger partial charge in [-0.1, -0.05) is 0 Å². The van der Waals surface area contributed by atoms with Gasteiger partial charge < -0.3 is 5.73 Å². The Balaban J connectivity index is 2.44. The van der Waals surface area contributed by atoms with E-state index in [0.29, 0.717) is 13.0 Å². The van der Waals surface area contributed by atoms with Gasteiger partial charge in [0.1, 0.15) is 11.5 Å². The summed E-state index contributed by atoms with van der Waals surface area (Å²) in [6, 6.07) is 0.917. The van der Waals surface area contributed by atoms with Crippen LogP contribution in [0, 0.1) is 6.92 Å². The SMILES string of the molecule is Cc1cc(C(F)(F)F)nc([C@]2(C)CCCN2CC(N)=O)n1. The number of alkyl halides is 3. The zero-order valence-electron chi connectivity index (χ0n) is 11.9. The molecule has 0 unspecified atom stereocenters. The fraction of sp³-hybridized carbons (Fsp3) is 0.615. The summed E-state index contributed by atoms with van der Waals surface area (Å²) in [5.74, 6) is -0.430. The van der Waals surface area contributed by atoms with Crippen molar-refractivity contribution >= 4 is 5.91 Å². The van der Waals surface area contributed by atoms with Crippen LogP contribution in [-0.4, -0.2) is 33.9 Å². The summed E-state index contributed by atoms with van der Waals surface area (Å²) < 4.78 is 38.7. The number of aryl methyl sites for hydroxylation is 1. The molecule has 1 aliphatic heterocycles. The molecule has 1 aromatic heterocycles. The van der Waals surface area contributed by atoms with Gasteiger partial charge in [-0.2, -0.15) is 13.2 Å². The highest BCUT2D eigenvalue weighted by Crippen LogP contribution is 2.38. The maximum Gasteiger partial charge on any atom is 0.433 e. The van der Waals surface area contributed by atoms with Crippen molar-refractivity contribution < 1.29 is 18.0 Å². The summed E-state index contributed by atoms with van der Waals surface area (Å²) in [5, 5.41) is 0. The first-order valence-electron chi connectivity index (χ1n) is 6.59. The number of likely N-dealkylation sites (tertiary alicyclic amines) is 1. The number of hydrogen-bond acceptors (Lipinski definition) is 4. The van der Waals surface area contributed by atoms with Gasteiger partial charge in [-0.3, -0.25) is 9.69 Å². The average Bonchev–Trinajstić information content (AvgIpc) is 2.69. The number of carbonyl (C=O) groups is 1. The van der Waals surface area contributed by atoms with Crippen LogP contribution in [0.2, 0.25) is 0 Å². The lowest BCUT2D eigenvalue weighted by Crippen LogP contribution is -2.44. The molecule has 1 atom stereocenters. The summed E-state index contributed by atoms with van der Waals surface area (Å²) in [6.45, 7) is 3.81. The fourth-order valence-electron chi connectivity index (χ4n) is 2.67. The van der Waals surface area contributed by atoms with Crippen LogP contribution in [0.5, 0.6) is 0 Å². The van der Waals surface area contributed by atoms with Gasteiger partial charge in [-0.05, 0) is 39.3 Å². The maximum atomic E-state index is 12.9. The Morgan fingerprint density at radius 1 is 1.48 bits per heavy atom. The van der Waals surface area contributed by atoms with E-state index < -0.39 is 23.3 Å². The van der Waals surface area contributed by atoms with Crippen molar-refractivity contribution in [1.82, 2.24) is 14.9 Å². The van der Waals surface area contributed by atoms with Crippen LogP contribution < -0.4 is 5.73 Å². The number of hydrogen-bond donors (Lipinski definition) is 1. The fourth-order valence-corrected chi connectivity index (χ4v) is 2.67. The third-order valence-electron chi connectivity index (χ3n) is 3.76. The van der Waals surface area contributed by atoms with Crippen LogP contribution >= 0.6 is 0 Å². The average molecular weight is 302 g/mol. The molecule has 2 N–H and O–H groups in total. The third kappa shape index (κ3) is 3.15. The predicted molar refractivity (Wildman–Crippen MR) is 69.1 cm³/mol. The number of halogens is 3. The smallest absolute Gasteiger partial charge is 0.369 e. The van der Waals surface area contributed by atoms with Gasteiger partial charge in [-0.15, -0.1) is 0 Å². The van der Waals surface area contributed by atoms with Crippen LogP contribution in [0.4, 0.5) is 13.2 Å². The molecule has 0 saturated carbocycles. The molecule has 2 heterocycles. The summed E-state index contributed by atoms with van der Waals surface area (Å²) in [6.07, 6.45) is -3.19. The Hall–Kier alpha value is -1.70. The Morgan fingerprint density at radius 3 is 2.71 bits per heavy atom. The van der Waals surface area contributed by atoms with Gasteiger partial charge in [0.25, 0.3) is 0 Å². The van der Waals surface area contributed by atoms with Crippen LogP contribution in [0.1, 0.15) is 37.0 Å². The number of primary amides is 1. The van der Waals surface area contributed by atoms with Gasteiger partial charge in [0.15, 0.2) is 0 Å². The number of rotatable bonds is 3. The molecule has 1 aromatic rings. The van der Waals surface area contributed by atoms with Crippen molar-refractivity contribution in [3.05, 3.63) is 23.3 Å². The molecule has 1 fully saturated rings. The zero-order valence-corrected chi connectivity index (χ0v) is 11.9. The first-order chi connectivity index (χ1) is 9.63. The number of amides is 1. The van der Waals surface area contributed by atoms with E-state index in [2.05, 4.69) is 9.97 Å². The quantitative estimate of drug-likeness (QED) is 0.920. The van der Waals surface area contributed by atoms with Crippen molar-refractivity contribution in [3.63, 3.8) is 0 Å². The molecule has 1 amide bonds. The van der Waals surface area contributed by atoms with E-state index >= 15 is 0 Å². The van der Waals surface area contributed by atoms with E-state index in [1.54, 1.807) is 11.8 Å². The lowest BCUT2D eigenvalue weighted by molar-refractivity contribution is -0.141. The highest BCUT2D eigenvalue weighted by molar-refractivity contribution is 5.76. The molecule has 0 aromatic carbocycles. The van der Waals surface area contributed by atoms with E-state index in [1.807, 2.05) is 0 Å². The monoisotopic (exact) mass is 302 g/mol. The van der Waals surface area contributed by atoms with Crippen LogP contribution in [-0.2, 0) is 16.5 Å². The number of carbonyl (C=O) groups excluding carboxylic acids is 1. The number of nitrogens with two attached hydrogens (primary N) is 1. The normalized spacial score (nSPS) is 23.5. The molecule has 0 spiro atoms. The van der Waals surface area contributed by atoms with Gasteiger partial charge in [0.05, 0.1) is 12.1 Å². The van der Waals surface area contributed by atoms with Crippen molar-refractivity contribution in [3.8, 4) is 0 Å².